The maximum absolute atomic E-state index is 12.7. The minimum atomic E-state index is -0.272. The van der Waals surface area contributed by atoms with Crippen LogP contribution >= 0.6 is 0 Å². The van der Waals surface area contributed by atoms with Crippen LogP contribution in [0.3, 0.4) is 0 Å². The standard InChI is InChI=1S/C20H26N2O3/c1-14(2)19-18(13-21-22(19)15-7-5-4-6-8-15)20(23)25-17-11-9-16(24-3)10-12-17/h4-8,13-14,16-17H,9-12H2,1-3H3. The number of para-hydroxylation sites is 1. The number of hydrogen-bond acceptors (Lipinski definition) is 4. The van der Waals surface area contributed by atoms with Gasteiger partial charge in [-0.1, -0.05) is 32.0 Å². The van der Waals surface area contributed by atoms with Crippen LogP contribution in [0.5, 0.6) is 0 Å². The van der Waals surface area contributed by atoms with Crippen molar-refractivity contribution in [3.8, 4) is 5.69 Å². The van der Waals surface area contributed by atoms with Gasteiger partial charge in [0.05, 0.1) is 23.7 Å². The predicted octanol–water partition coefficient (Wildman–Crippen LogP) is 4.11. The molecule has 1 heterocycles. The van der Waals surface area contributed by atoms with Gasteiger partial charge in [-0.2, -0.15) is 5.10 Å². The van der Waals surface area contributed by atoms with Crippen molar-refractivity contribution < 1.29 is 14.3 Å². The van der Waals surface area contributed by atoms with Crippen molar-refractivity contribution in [3.05, 3.63) is 47.8 Å². The molecule has 134 valence electrons. The number of rotatable bonds is 5. The van der Waals surface area contributed by atoms with Crippen LogP contribution in [0.2, 0.25) is 0 Å². The minimum absolute atomic E-state index is 0.0287. The molecular formula is C20H26N2O3. The molecule has 3 rings (SSSR count). The molecule has 1 aromatic heterocycles. The summed E-state index contributed by atoms with van der Waals surface area (Å²) in [4.78, 5) is 12.7. The topological polar surface area (TPSA) is 53.4 Å². The molecule has 0 saturated heterocycles. The molecule has 5 nitrogen and oxygen atoms in total. The van der Waals surface area contributed by atoms with Crippen molar-refractivity contribution in [2.24, 2.45) is 0 Å². The molecule has 1 aliphatic carbocycles. The Morgan fingerprint density at radius 1 is 1.12 bits per heavy atom. The zero-order valence-corrected chi connectivity index (χ0v) is 15.1. The van der Waals surface area contributed by atoms with Gasteiger partial charge in [0, 0.05) is 7.11 Å². The summed E-state index contributed by atoms with van der Waals surface area (Å²) in [6.07, 6.45) is 5.48. The van der Waals surface area contributed by atoms with E-state index in [1.807, 2.05) is 35.0 Å². The number of esters is 1. The lowest BCUT2D eigenvalue weighted by Crippen LogP contribution is -2.28. The molecule has 0 bridgehead atoms. The number of carbonyl (C=O) groups is 1. The van der Waals surface area contributed by atoms with Crippen molar-refractivity contribution in [2.45, 2.75) is 57.7 Å². The molecule has 1 aromatic carbocycles. The summed E-state index contributed by atoms with van der Waals surface area (Å²) in [7, 11) is 1.74. The molecule has 0 unspecified atom stereocenters. The van der Waals surface area contributed by atoms with Gasteiger partial charge >= 0.3 is 5.97 Å². The third-order valence-corrected chi connectivity index (χ3v) is 4.80. The Morgan fingerprint density at radius 2 is 1.76 bits per heavy atom. The van der Waals surface area contributed by atoms with Crippen LogP contribution in [0.1, 0.15) is 61.5 Å². The van der Waals surface area contributed by atoms with E-state index in [4.69, 9.17) is 9.47 Å². The Balaban J connectivity index is 1.78. The Hall–Kier alpha value is -2.14. The number of aromatic nitrogens is 2. The van der Waals surface area contributed by atoms with Crippen LogP contribution in [0.15, 0.2) is 36.5 Å². The molecule has 0 spiro atoms. The van der Waals surface area contributed by atoms with Crippen LogP contribution in [0.25, 0.3) is 5.69 Å². The smallest absolute Gasteiger partial charge is 0.341 e. The Labute approximate surface area is 148 Å². The largest absolute Gasteiger partial charge is 0.459 e. The third-order valence-electron chi connectivity index (χ3n) is 4.80. The normalized spacial score (nSPS) is 20.6. The highest BCUT2D eigenvalue weighted by atomic mass is 16.5. The van der Waals surface area contributed by atoms with Gasteiger partial charge < -0.3 is 9.47 Å². The molecule has 1 aliphatic rings. The average molecular weight is 342 g/mol. The van der Waals surface area contributed by atoms with Gasteiger partial charge in [0.25, 0.3) is 0 Å². The van der Waals surface area contributed by atoms with E-state index in [0.29, 0.717) is 11.7 Å². The SMILES string of the molecule is COC1CCC(OC(=O)c2cnn(-c3ccccc3)c2C(C)C)CC1. The van der Waals surface area contributed by atoms with Crippen LogP contribution in [0, 0.1) is 0 Å². The van der Waals surface area contributed by atoms with E-state index in [1.54, 1.807) is 13.3 Å². The molecule has 0 atom stereocenters. The Morgan fingerprint density at radius 3 is 2.36 bits per heavy atom. The lowest BCUT2D eigenvalue weighted by atomic mass is 9.95. The maximum Gasteiger partial charge on any atom is 0.341 e. The summed E-state index contributed by atoms with van der Waals surface area (Å²) in [5, 5.41) is 4.44. The Kier molecular flexibility index (Phi) is 5.53. The Bertz CT molecular complexity index is 701. The molecule has 0 radical (unpaired) electrons. The summed E-state index contributed by atoms with van der Waals surface area (Å²) in [6, 6.07) is 9.87. The quantitative estimate of drug-likeness (QED) is 0.767. The van der Waals surface area contributed by atoms with Gasteiger partial charge in [0.2, 0.25) is 0 Å². The molecule has 0 aliphatic heterocycles. The highest BCUT2D eigenvalue weighted by Gasteiger charge is 2.27. The molecule has 1 fully saturated rings. The monoisotopic (exact) mass is 342 g/mol. The average Bonchev–Trinajstić information content (AvgIpc) is 3.08. The van der Waals surface area contributed by atoms with E-state index < -0.39 is 0 Å². The zero-order valence-electron chi connectivity index (χ0n) is 15.1. The minimum Gasteiger partial charge on any atom is -0.459 e. The van der Waals surface area contributed by atoms with Gasteiger partial charge in [0.15, 0.2) is 0 Å². The summed E-state index contributed by atoms with van der Waals surface area (Å²) < 4.78 is 13.0. The number of ether oxygens (including phenoxy) is 2. The molecule has 1 saturated carbocycles. The summed E-state index contributed by atoms with van der Waals surface area (Å²) in [5.41, 5.74) is 2.40. The van der Waals surface area contributed by atoms with Gasteiger partial charge in [-0.3, -0.25) is 0 Å². The summed E-state index contributed by atoms with van der Waals surface area (Å²) in [6.45, 7) is 4.13. The summed E-state index contributed by atoms with van der Waals surface area (Å²) >= 11 is 0. The van der Waals surface area contributed by atoms with E-state index in [1.165, 1.54) is 0 Å². The second-order valence-corrected chi connectivity index (χ2v) is 6.89. The van der Waals surface area contributed by atoms with Gasteiger partial charge in [-0.15, -0.1) is 0 Å². The lowest BCUT2D eigenvalue weighted by Gasteiger charge is -2.27. The van der Waals surface area contributed by atoms with Crippen LogP contribution in [0.4, 0.5) is 0 Å². The third kappa shape index (κ3) is 3.93. The van der Waals surface area contributed by atoms with E-state index in [2.05, 4.69) is 18.9 Å². The van der Waals surface area contributed by atoms with Gasteiger partial charge in [0.1, 0.15) is 11.7 Å². The maximum atomic E-state index is 12.7. The lowest BCUT2D eigenvalue weighted by molar-refractivity contribution is -0.00551. The zero-order chi connectivity index (χ0) is 17.8. The van der Waals surface area contributed by atoms with Crippen LogP contribution < -0.4 is 0 Å². The molecule has 0 N–H and O–H groups in total. The first-order valence-corrected chi connectivity index (χ1v) is 8.97. The molecule has 5 heteroatoms. The summed E-state index contributed by atoms with van der Waals surface area (Å²) in [5.74, 6) is -0.110. The van der Waals surface area contributed by atoms with Crippen molar-refractivity contribution in [1.82, 2.24) is 9.78 Å². The highest BCUT2D eigenvalue weighted by molar-refractivity contribution is 5.91. The fourth-order valence-electron chi connectivity index (χ4n) is 3.45. The van der Waals surface area contributed by atoms with E-state index >= 15 is 0 Å². The number of methoxy groups -OCH3 is 1. The van der Waals surface area contributed by atoms with E-state index in [-0.39, 0.29) is 18.0 Å². The van der Waals surface area contributed by atoms with Crippen LogP contribution in [-0.2, 0) is 9.47 Å². The van der Waals surface area contributed by atoms with Crippen molar-refractivity contribution >= 4 is 5.97 Å². The molecular weight excluding hydrogens is 316 g/mol. The first kappa shape index (κ1) is 17.7. The van der Waals surface area contributed by atoms with Gasteiger partial charge in [-0.25, -0.2) is 9.48 Å². The fraction of sp³-hybridized carbons (Fsp3) is 0.500. The van der Waals surface area contributed by atoms with Crippen molar-refractivity contribution in [1.29, 1.82) is 0 Å². The number of hydrogen-bond donors (Lipinski definition) is 0. The van der Waals surface area contributed by atoms with Crippen molar-refractivity contribution in [3.63, 3.8) is 0 Å². The molecule has 25 heavy (non-hydrogen) atoms. The highest BCUT2D eigenvalue weighted by Crippen LogP contribution is 2.27. The van der Waals surface area contributed by atoms with E-state index in [0.717, 1.165) is 37.1 Å². The fourth-order valence-corrected chi connectivity index (χ4v) is 3.45. The first-order valence-electron chi connectivity index (χ1n) is 8.97. The predicted molar refractivity (Wildman–Crippen MR) is 96.1 cm³/mol. The number of benzene rings is 1. The number of nitrogens with zero attached hydrogens (tertiary/aromatic N) is 2. The van der Waals surface area contributed by atoms with E-state index in [9.17, 15) is 4.79 Å². The van der Waals surface area contributed by atoms with Crippen molar-refractivity contribution in [2.75, 3.05) is 7.11 Å². The second kappa shape index (κ2) is 7.83. The first-order chi connectivity index (χ1) is 12.1. The molecule has 2 aromatic rings. The number of carbonyl (C=O) groups excluding carboxylic acids is 1. The van der Waals surface area contributed by atoms with Gasteiger partial charge in [-0.05, 0) is 43.7 Å². The molecule has 0 amide bonds. The van der Waals surface area contributed by atoms with Crippen LogP contribution in [-0.4, -0.2) is 35.1 Å². The second-order valence-electron chi connectivity index (χ2n) is 6.89.